The van der Waals surface area contributed by atoms with Gasteiger partial charge in [-0.3, -0.25) is 4.68 Å². The molecule has 0 amide bonds. The topological polar surface area (TPSA) is 29.9 Å². The van der Waals surface area contributed by atoms with Gasteiger partial charge in [-0.2, -0.15) is 5.10 Å². The lowest BCUT2D eigenvalue weighted by atomic mass is 10.00. The van der Waals surface area contributed by atoms with Gasteiger partial charge in [0.2, 0.25) is 0 Å². The van der Waals surface area contributed by atoms with E-state index in [1.807, 2.05) is 23.9 Å². The molecule has 0 spiro atoms. The summed E-state index contributed by atoms with van der Waals surface area (Å²) >= 11 is 6.10. The molecule has 1 aromatic heterocycles. The molecule has 0 saturated carbocycles. The van der Waals surface area contributed by atoms with Gasteiger partial charge in [0.1, 0.15) is 0 Å². The van der Waals surface area contributed by atoms with Gasteiger partial charge in [-0.05, 0) is 37.6 Å². The molecule has 1 aromatic carbocycles. The zero-order chi connectivity index (χ0) is 13.8. The van der Waals surface area contributed by atoms with E-state index in [1.165, 1.54) is 11.1 Å². The highest BCUT2D eigenvalue weighted by molar-refractivity contribution is 6.31. The Morgan fingerprint density at radius 1 is 1.32 bits per heavy atom. The highest BCUT2D eigenvalue weighted by Crippen LogP contribution is 2.25. The van der Waals surface area contributed by atoms with Crippen molar-refractivity contribution in [2.24, 2.45) is 0 Å². The second kappa shape index (κ2) is 6.22. The Labute approximate surface area is 119 Å². The lowest BCUT2D eigenvalue weighted by molar-refractivity contribution is 0.625. The molecular formula is C15H20ClN3. The highest BCUT2D eigenvalue weighted by atomic mass is 35.5. The van der Waals surface area contributed by atoms with Gasteiger partial charge in [-0.15, -0.1) is 0 Å². The summed E-state index contributed by atoms with van der Waals surface area (Å²) in [5.74, 6) is 0. The fraction of sp³-hybridized carbons (Fsp3) is 0.400. The van der Waals surface area contributed by atoms with Crippen LogP contribution in [-0.2, 0) is 6.54 Å². The van der Waals surface area contributed by atoms with Crippen LogP contribution < -0.4 is 5.32 Å². The molecule has 102 valence electrons. The van der Waals surface area contributed by atoms with Crippen LogP contribution in [0.4, 0.5) is 0 Å². The summed E-state index contributed by atoms with van der Waals surface area (Å²) in [5.41, 5.74) is 3.51. The first-order valence-corrected chi connectivity index (χ1v) is 7.05. The average molecular weight is 278 g/mol. The van der Waals surface area contributed by atoms with Crippen molar-refractivity contribution in [2.75, 3.05) is 6.54 Å². The van der Waals surface area contributed by atoms with Gasteiger partial charge in [-0.25, -0.2) is 0 Å². The molecule has 2 aromatic rings. The fourth-order valence-corrected chi connectivity index (χ4v) is 2.30. The summed E-state index contributed by atoms with van der Waals surface area (Å²) < 4.78 is 1.95. The van der Waals surface area contributed by atoms with E-state index in [0.717, 1.165) is 23.7 Å². The van der Waals surface area contributed by atoms with Crippen LogP contribution in [0, 0.1) is 6.92 Å². The zero-order valence-electron chi connectivity index (χ0n) is 11.7. The van der Waals surface area contributed by atoms with Crippen LogP contribution >= 0.6 is 11.6 Å². The molecule has 0 fully saturated rings. The van der Waals surface area contributed by atoms with E-state index in [0.29, 0.717) is 0 Å². The maximum Gasteiger partial charge on any atom is 0.0607 e. The Balaban J connectivity index is 2.35. The molecule has 0 aliphatic carbocycles. The molecule has 19 heavy (non-hydrogen) atoms. The van der Waals surface area contributed by atoms with Crippen molar-refractivity contribution in [3.8, 4) is 0 Å². The average Bonchev–Trinajstić information content (AvgIpc) is 2.88. The van der Waals surface area contributed by atoms with E-state index in [-0.39, 0.29) is 6.04 Å². The highest BCUT2D eigenvalue weighted by Gasteiger charge is 2.15. The summed E-state index contributed by atoms with van der Waals surface area (Å²) in [4.78, 5) is 0. The SMILES string of the molecule is CCNC(c1ccc(Cl)c(C)c1)c1cnn(CC)c1. The number of rotatable bonds is 5. The van der Waals surface area contributed by atoms with E-state index in [1.54, 1.807) is 0 Å². The van der Waals surface area contributed by atoms with E-state index >= 15 is 0 Å². The molecule has 3 nitrogen and oxygen atoms in total. The molecule has 0 aliphatic rings. The minimum absolute atomic E-state index is 0.168. The smallest absolute Gasteiger partial charge is 0.0607 e. The Bertz CT molecular complexity index is 548. The first kappa shape index (κ1) is 14.1. The monoisotopic (exact) mass is 277 g/mol. The van der Waals surface area contributed by atoms with Crippen LogP contribution in [0.1, 0.15) is 36.6 Å². The molecule has 0 aliphatic heterocycles. The third-order valence-electron chi connectivity index (χ3n) is 3.23. The lowest BCUT2D eigenvalue weighted by Gasteiger charge is -2.17. The summed E-state index contributed by atoms with van der Waals surface area (Å²) in [5, 5.41) is 8.67. The molecule has 4 heteroatoms. The second-order valence-electron chi connectivity index (χ2n) is 4.63. The second-order valence-corrected chi connectivity index (χ2v) is 5.04. The van der Waals surface area contributed by atoms with Crippen molar-refractivity contribution in [3.63, 3.8) is 0 Å². The number of aromatic nitrogens is 2. The molecule has 1 unspecified atom stereocenters. The van der Waals surface area contributed by atoms with Crippen molar-refractivity contribution >= 4 is 11.6 Å². The normalized spacial score (nSPS) is 12.6. The Hall–Kier alpha value is -1.32. The van der Waals surface area contributed by atoms with Crippen LogP contribution in [0.25, 0.3) is 0 Å². The molecule has 0 saturated heterocycles. The first-order valence-electron chi connectivity index (χ1n) is 6.67. The van der Waals surface area contributed by atoms with Crippen LogP contribution in [0.15, 0.2) is 30.6 Å². The molecule has 1 N–H and O–H groups in total. The van der Waals surface area contributed by atoms with Crippen molar-refractivity contribution in [3.05, 3.63) is 52.3 Å². The lowest BCUT2D eigenvalue weighted by Crippen LogP contribution is -2.21. The fourth-order valence-electron chi connectivity index (χ4n) is 2.18. The molecule has 1 heterocycles. The molecule has 1 atom stereocenters. The van der Waals surface area contributed by atoms with E-state index in [2.05, 4.69) is 42.6 Å². The number of hydrogen-bond donors (Lipinski definition) is 1. The third kappa shape index (κ3) is 3.17. The number of nitrogens with one attached hydrogen (secondary N) is 1. The molecule has 0 radical (unpaired) electrons. The minimum atomic E-state index is 0.168. The molecule has 2 rings (SSSR count). The van der Waals surface area contributed by atoms with E-state index in [9.17, 15) is 0 Å². The van der Waals surface area contributed by atoms with Gasteiger partial charge in [0, 0.05) is 23.3 Å². The predicted molar refractivity (Wildman–Crippen MR) is 79.6 cm³/mol. The quantitative estimate of drug-likeness (QED) is 0.906. The van der Waals surface area contributed by atoms with Gasteiger partial charge >= 0.3 is 0 Å². The van der Waals surface area contributed by atoms with Crippen molar-refractivity contribution in [1.29, 1.82) is 0 Å². The van der Waals surface area contributed by atoms with Crippen LogP contribution in [-0.4, -0.2) is 16.3 Å². The van der Waals surface area contributed by atoms with Gasteiger partial charge < -0.3 is 5.32 Å². The van der Waals surface area contributed by atoms with Crippen LogP contribution in [0.3, 0.4) is 0 Å². The molecule has 0 bridgehead atoms. The van der Waals surface area contributed by atoms with Gasteiger partial charge in [0.25, 0.3) is 0 Å². The third-order valence-corrected chi connectivity index (χ3v) is 3.66. The van der Waals surface area contributed by atoms with Crippen molar-refractivity contribution < 1.29 is 0 Å². The Morgan fingerprint density at radius 2 is 2.11 bits per heavy atom. The van der Waals surface area contributed by atoms with Crippen molar-refractivity contribution in [2.45, 2.75) is 33.4 Å². The van der Waals surface area contributed by atoms with E-state index < -0.39 is 0 Å². The van der Waals surface area contributed by atoms with Crippen LogP contribution in [0.5, 0.6) is 0 Å². The predicted octanol–water partition coefficient (Wildman–Crippen LogP) is 3.56. The summed E-state index contributed by atoms with van der Waals surface area (Å²) in [6, 6.07) is 6.34. The molecular weight excluding hydrogens is 258 g/mol. The van der Waals surface area contributed by atoms with Crippen molar-refractivity contribution in [1.82, 2.24) is 15.1 Å². The van der Waals surface area contributed by atoms with Gasteiger partial charge in [-0.1, -0.05) is 30.7 Å². The van der Waals surface area contributed by atoms with E-state index in [4.69, 9.17) is 11.6 Å². The van der Waals surface area contributed by atoms with Gasteiger partial charge in [0.05, 0.1) is 12.2 Å². The number of nitrogens with zero attached hydrogens (tertiary/aromatic N) is 2. The minimum Gasteiger partial charge on any atom is -0.306 e. The van der Waals surface area contributed by atoms with Crippen LogP contribution in [0.2, 0.25) is 5.02 Å². The Kier molecular flexibility index (Phi) is 4.61. The zero-order valence-corrected chi connectivity index (χ0v) is 12.4. The standard InChI is InChI=1S/C15H20ClN3/c1-4-17-15(13-9-18-19(5-2)10-13)12-6-7-14(16)11(3)8-12/h6-10,15,17H,4-5H2,1-3H3. The number of aryl methyl sites for hydroxylation is 2. The summed E-state index contributed by atoms with van der Waals surface area (Å²) in [6.07, 6.45) is 4.03. The first-order chi connectivity index (χ1) is 9.15. The summed E-state index contributed by atoms with van der Waals surface area (Å²) in [6.45, 7) is 8.03. The maximum absolute atomic E-state index is 6.10. The number of halogens is 1. The number of hydrogen-bond acceptors (Lipinski definition) is 2. The maximum atomic E-state index is 6.10. The summed E-state index contributed by atoms with van der Waals surface area (Å²) in [7, 11) is 0. The largest absolute Gasteiger partial charge is 0.306 e. The number of benzene rings is 1. The van der Waals surface area contributed by atoms with Gasteiger partial charge in [0.15, 0.2) is 0 Å². The Morgan fingerprint density at radius 3 is 2.68 bits per heavy atom.